The maximum absolute atomic E-state index is 12.6. The fourth-order valence-corrected chi connectivity index (χ4v) is 4.11. The van der Waals surface area contributed by atoms with E-state index in [1.165, 1.54) is 37.7 Å². The maximum Gasteiger partial charge on any atom is 0.227 e. The molecule has 27 heavy (non-hydrogen) atoms. The van der Waals surface area contributed by atoms with Crippen LogP contribution in [0.1, 0.15) is 53.9 Å². The Morgan fingerprint density at radius 3 is 2.26 bits per heavy atom. The summed E-state index contributed by atoms with van der Waals surface area (Å²) >= 11 is 0. The third kappa shape index (κ3) is 4.16. The molecule has 0 spiro atoms. The predicted molar refractivity (Wildman–Crippen MR) is 109 cm³/mol. The van der Waals surface area contributed by atoms with E-state index in [2.05, 4.69) is 30.3 Å². The number of hydrogen-bond donors (Lipinski definition) is 0. The second-order valence-corrected chi connectivity index (χ2v) is 7.46. The smallest absolute Gasteiger partial charge is 0.227 e. The standard InChI is InChI=1S/C25H26NO/c27-25(23-11-5-2-6-12-23)19-26-18-8-7-13-24(26)22-16-14-21(15-17-22)20-9-3-1-4-10-20/h2,5-8,11-18,20H,1,3-4,9-10,19H2/q+1. The summed E-state index contributed by atoms with van der Waals surface area (Å²) in [7, 11) is 0. The fourth-order valence-electron chi connectivity index (χ4n) is 4.11. The van der Waals surface area contributed by atoms with Crippen molar-refractivity contribution in [2.24, 2.45) is 0 Å². The summed E-state index contributed by atoms with van der Waals surface area (Å²) in [6, 6.07) is 24.6. The van der Waals surface area contributed by atoms with E-state index < -0.39 is 0 Å². The van der Waals surface area contributed by atoms with Crippen LogP contribution >= 0.6 is 0 Å². The van der Waals surface area contributed by atoms with E-state index in [9.17, 15) is 4.79 Å². The predicted octanol–water partition coefficient (Wildman–Crippen LogP) is 5.57. The summed E-state index contributed by atoms with van der Waals surface area (Å²) < 4.78 is 2.05. The molecule has 1 aliphatic rings. The molecule has 0 radical (unpaired) electrons. The fraction of sp³-hybridized carbons (Fsp3) is 0.280. The molecule has 2 aromatic carbocycles. The van der Waals surface area contributed by atoms with Gasteiger partial charge in [-0.2, -0.15) is 4.57 Å². The van der Waals surface area contributed by atoms with Gasteiger partial charge in [0.2, 0.25) is 18.0 Å². The molecule has 1 heterocycles. The van der Waals surface area contributed by atoms with E-state index in [0.29, 0.717) is 6.54 Å². The van der Waals surface area contributed by atoms with E-state index in [-0.39, 0.29) is 5.78 Å². The number of Topliss-reactive ketones (excluding diaryl/α,β-unsaturated/α-hetero) is 1. The van der Waals surface area contributed by atoms with Gasteiger partial charge in [0.05, 0.1) is 0 Å². The first kappa shape index (κ1) is 17.7. The zero-order valence-electron chi connectivity index (χ0n) is 15.7. The summed E-state index contributed by atoms with van der Waals surface area (Å²) in [5, 5.41) is 0. The molecular formula is C25H26NO+. The Morgan fingerprint density at radius 2 is 1.52 bits per heavy atom. The van der Waals surface area contributed by atoms with Crippen LogP contribution in [0.5, 0.6) is 0 Å². The van der Waals surface area contributed by atoms with Crippen LogP contribution in [-0.2, 0) is 6.54 Å². The van der Waals surface area contributed by atoms with Crippen molar-refractivity contribution in [3.63, 3.8) is 0 Å². The minimum atomic E-state index is 0.131. The second-order valence-electron chi connectivity index (χ2n) is 7.46. The summed E-state index contributed by atoms with van der Waals surface area (Å²) in [6.45, 7) is 0.352. The van der Waals surface area contributed by atoms with Crippen LogP contribution < -0.4 is 4.57 Å². The van der Waals surface area contributed by atoms with Crippen LogP contribution in [-0.4, -0.2) is 5.78 Å². The Labute approximate surface area is 161 Å². The van der Waals surface area contributed by atoms with Crippen molar-refractivity contribution in [2.45, 2.75) is 44.6 Å². The average molecular weight is 356 g/mol. The van der Waals surface area contributed by atoms with Crippen LogP contribution in [0.25, 0.3) is 11.3 Å². The van der Waals surface area contributed by atoms with E-state index in [1.807, 2.05) is 53.2 Å². The SMILES string of the molecule is O=C(C[n+]1ccccc1-c1ccc(C2CCCCC2)cc1)c1ccccc1. The largest absolute Gasteiger partial charge is 0.287 e. The average Bonchev–Trinajstić information content (AvgIpc) is 2.75. The van der Waals surface area contributed by atoms with Crippen molar-refractivity contribution in [1.29, 1.82) is 0 Å². The molecule has 4 rings (SSSR count). The third-order valence-electron chi connectivity index (χ3n) is 5.63. The van der Waals surface area contributed by atoms with Gasteiger partial charge < -0.3 is 0 Å². The molecule has 136 valence electrons. The molecule has 3 aromatic rings. The van der Waals surface area contributed by atoms with Crippen molar-refractivity contribution >= 4 is 5.78 Å². The zero-order valence-corrected chi connectivity index (χ0v) is 15.7. The Balaban J connectivity index is 1.56. The molecule has 2 heteroatoms. The van der Waals surface area contributed by atoms with Gasteiger partial charge in [-0.3, -0.25) is 4.79 Å². The number of aromatic nitrogens is 1. The summed E-state index contributed by atoms with van der Waals surface area (Å²) in [4.78, 5) is 12.6. The van der Waals surface area contributed by atoms with Crippen molar-refractivity contribution in [2.75, 3.05) is 0 Å². The van der Waals surface area contributed by atoms with Crippen LogP contribution in [0.15, 0.2) is 79.0 Å². The van der Waals surface area contributed by atoms with E-state index in [4.69, 9.17) is 0 Å². The third-order valence-corrected chi connectivity index (χ3v) is 5.63. The van der Waals surface area contributed by atoms with Crippen LogP contribution in [0.3, 0.4) is 0 Å². The van der Waals surface area contributed by atoms with Crippen molar-refractivity contribution < 1.29 is 9.36 Å². The lowest BCUT2D eigenvalue weighted by atomic mass is 9.84. The van der Waals surface area contributed by atoms with Gasteiger partial charge in [-0.25, -0.2) is 0 Å². The van der Waals surface area contributed by atoms with Gasteiger partial charge in [0.1, 0.15) is 0 Å². The zero-order chi connectivity index (χ0) is 18.5. The van der Waals surface area contributed by atoms with Gasteiger partial charge in [0, 0.05) is 23.3 Å². The Bertz CT molecular complexity index is 893. The first-order chi connectivity index (χ1) is 13.3. The Morgan fingerprint density at radius 1 is 0.815 bits per heavy atom. The Hall–Kier alpha value is -2.74. The van der Waals surface area contributed by atoms with E-state index in [1.54, 1.807) is 0 Å². The lowest BCUT2D eigenvalue weighted by Crippen LogP contribution is -2.39. The van der Waals surface area contributed by atoms with Gasteiger partial charge in [-0.1, -0.05) is 61.7 Å². The Kier molecular flexibility index (Phi) is 5.43. The highest BCUT2D eigenvalue weighted by Gasteiger charge is 2.19. The first-order valence-electron chi connectivity index (χ1n) is 9.98. The molecule has 0 saturated heterocycles. The number of ketones is 1. The van der Waals surface area contributed by atoms with Gasteiger partial charge in [-0.05, 0) is 42.5 Å². The van der Waals surface area contributed by atoms with Crippen LogP contribution in [0.4, 0.5) is 0 Å². The van der Waals surface area contributed by atoms with Crippen molar-refractivity contribution in [3.05, 3.63) is 90.1 Å². The number of benzene rings is 2. The van der Waals surface area contributed by atoms with Gasteiger partial charge in [0.25, 0.3) is 0 Å². The van der Waals surface area contributed by atoms with E-state index >= 15 is 0 Å². The van der Waals surface area contributed by atoms with Crippen molar-refractivity contribution in [1.82, 2.24) is 0 Å². The second kappa shape index (κ2) is 8.30. The molecule has 1 aliphatic carbocycles. The number of carbonyl (C=O) groups excluding carboxylic acids is 1. The van der Waals surface area contributed by atoms with Crippen LogP contribution in [0.2, 0.25) is 0 Å². The number of rotatable bonds is 5. The normalized spacial score (nSPS) is 14.8. The molecular weight excluding hydrogens is 330 g/mol. The lowest BCUT2D eigenvalue weighted by molar-refractivity contribution is -0.672. The molecule has 0 amide bonds. The molecule has 0 aliphatic heterocycles. The summed E-state index contributed by atoms with van der Waals surface area (Å²) in [5.74, 6) is 0.849. The molecule has 0 N–H and O–H groups in total. The summed E-state index contributed by atoms with van der Waals surface area (Å²) in [6.07, 6.45) is 8.71. The number of hydrogen-bond acceptors (Lipinski definition) is 1. The number of carbonyl (C=O) groups is 1. The monoisotopic (exact) mass is 356 g/mol. The molecule has 2 nitrogen and oxygen atoms in total. The molecule has 1 saturated carbocycles. The molecule has 1 aromatic heterocycles. The van der Waals surface area contributed by atoms with Crippen molar-refractivity contribution in [3.8, 4) is 11.3 Å². The minimum absolute atomic E-state index is 0.131. The molecule has 0 unspecified atom stereocenters. The highest BCUT2D eigenvalue weighted by Crippen LogP contribution is 2.33. The lowest BCUT2D eigenvalue weighted by Gasteiger charge is -2.22. The molecule has 0 atom stereocenters. The number of pyridine rings is 1. The van der Waals surface area contributed by atoms with Gasteiger partial charge in [0.15, 0.2) is 6.20 Å². The highest BCUT2D eigenvalue weighted by molar-refractivity contribution is 5.95. The van der Waals surface area contributed by atoms with Crippen LogP contribution in [0, 0.1) is 0 Å². The van der Waals surface area contributed by atoms with Gasteiger partial charge >= 0.3 is 0 Å². The van der Waals surface area contributed by atoms with Gasteiger partial charge in [-0.15, -0.1) is 0 Å². The minimum Gasteiger partial charge on any atom is -0.287 e. The number of nitrogens with zero attached hydrogens (tertiary/aromatic N) is 1. The molecule has 0 bridgehead atoms. The first-order valence-corrected chi connectivity index (χ1v) is 9.98. The van der Waals surface area contributed by atoms with E-state index in [0.717, 1.165) is 22.7 Å². The topological polar surface area (TPSA) is 20.9 Å². The highest BCUT2D eigenvalue weighted by atomic mass is 16.1. The summed E-state index contributed by atoms with van der Waals surface area (Å²) in [5.41, 5.74) is 4.46. The maximum atomic E-state index is 12.6. The molecule has 1 fully saturated rings. The quantitative estimate of drug-likeness (QED) is 0.432.